The number of hydrogen-bond acceptors (Lipinski definition) is 0. The first-order valence-corrected chi connectivity index (χ1v) is 6.98. The van der Waals surface area contributed by atoms with E-state index < -0.39 is 0 Å². The normalized spacial score (nSPS) is 11.4. The molecule has 0 heterocycles. The van der Waals surface area contributed by atoms with Crippen LogP contribution in [0.4, 0.5) is 0 Å². The van der Waals surface area contributed by atoms with Gasteiger partial charge >= 0.3 is 0 Å². The molecule has 21 heavy (non-hydrogen) atoms. The summed E-state index contributed by atoms with van der Waals surface area (Å²) in [7, 11) is 0. The molecule has 0 aliphatic rings. The van der Waals surface area contributed by atoms with E-state index in [9.17, 15) is 0 Å². The van der Waals surface area contributed by atoms with Crippen LogP contribution in [-0.2, 0) is 0 Å². The van der Waals surface area contributed by atoms with Crippen LogP contribution in [0.3, 0.4) is 0 Å². The maximum atomic E-state index is 2.25. The van der Waals surface area contributed by atoms with Crippen molar-refractivity contribution in [3.63, 3.8) is 0 Å². The standard InChI is InChI=1S/C20H12.Si/c1-5-13-6-2-11-17-18-12-4-8-14-7-3-10-16(20(14)18)15(9-1)19(13)17;/h1-12H;. The lowest BCUT2D eigenvalue weighted by molar-refractivity contribution is 1.78. The molecule has 1 heteroatoms. The van der Waals surface area contributed by atoms with E-state index in [-0.39, 0.29) is 11.0 Å². The van der Waals surface area contributed by atoms with Gasteiger partial charge in [-0.25, -0.2) is 0 Å². The predicted molar refractivity (Wildman–Crippen MR) is 93.4 cm³/mol. The largest absolute Gasteiger partial charge is 0.0610 e. The number of fused-ring (bicyclic) bond motifs is 2. The van der Waals surface area contributed by atoms with Crippen molar-refractivity contribution in [1.29, 1.82) is 0 Å². The van der Waals surface area contributed by atoms with E-state index in [0.717, 1.165) is 0 Å². The van der Waals surface area contributed by atoms with E-state index in [2.05, 4.69) is 72.8 Å². The third kappa shape index (κ3) is 1.49. The van der Waals surface area contributed by atoms with E-state index >= 15 is 0 Å². The average Bonchev–Trinajstić information content (AvgIpc) is 2.52. The highest BCUT2D eigenvalue weighted by molar-refractivity contribution is 6.32. The van der Waals surface area contributed by atoms with Crippen LogP contribution in [0.15, 0.2) is 72.8 Å². The second kappa shape index (κ2) is 4.30. The minimum Gasteiger partial charge on any atom is -0.0610 e. The Morgan fingerprint density at radius 3 is 0.952 bits per heavy atom. The van der Waals surface area contributed by atoms with Crippen molar-refractivity contribution in [1.82, 2.24) is 0 Å². The third-order valence-electron chi connectivity index (χ3n) is 4.39. The van der Waals surface area contributed by atoms with Crippen LogP contribution in [0.1, 0.15) is 0 Å². The Morgan fingerprint density at radius 2 is 0.667 bits per heavy atom. The number of rotatable bonds is 0. The van der Waals surface area contributed by atoms with Crippen molar-refractivity contribution >= 4 is 54.1 Å². The molecule has 0 spiro atoms. The topological polar surface area (TPSA) is 0 Å². The summed E-state index contributed by atoms with van der Waals surface area (Å²) in [5.41, 5.74) is 0. The van der Waals surface area contributed by atoms with Crippen molar-refractivity contribution in [2.24, 2.45) is 0 Å². The van der Waals surface area contributed by atoms with E-state index in [1.165, 1.54) is 43.1 Å². The molecule has 0 nitrogen and oxygen atoms in total. The molecule has 0 atom stereocenters. The molecule has 5 aromatic rings. The molecular formula is C20H12Si. The highest BCUT2D eigenvalue weighted by Crippen LogP contribution is 2.39. The molecule has 0 fully saturated rings. The molecule has 0 N–H and O–H groups in total. The first kappa shape index (κ1) is 12.4. The van der Waals surface area contributed by atoms with Crippen LogP contribution < -0.4 is 0 Å². The fraction of sp³-hybridized carbons (Fsp3) is 0. The van der Waals surface area contributed by atoms with Crippen LogP contribution in [0.25, 0.3) is 43.1 Å². The van der Waals surface area contributed by atoms with E-state index in [0.29, 0.717) is 0 Å². The minimum absolute atomic E-state index is 0. The van der Waals surface area contributed by atoms with Gasteiger partial charge in [-0.05, 0) is 43.1 Å². The lowest BCUT2D eigenvalue weighted by atomic mass is 9.90. The zero-order valence-electron chi connectivity index (χ0n) is 11.4. The summed E-state index contributed by atoms with van der Waals surface area (Å²) in [6.45, 7) is 0. The molecule has 0 amide bonds. The molecule has 0 saturated heterocycles. The van der Waals surface area contributed by atoms with Crippen molar-refractivity contribution in [2.75, 3.05) is 0 Å². The van der Waals surface area contributed by atoms with Gasteiger partial charge in [0, 0.05) is 11.0 Å². The van der Waals surface area contributed by atoms with E-state index in [1.807, 2.05) is 0 Å². The van der Waals surface area contributed by atoms with Crippen LogP contribution in [-0.4, -0.2) is 11.0 Å². The Morgan fingerprint density at radius 1 is 0.381 bits per heavy atom. The number of benzene rings is 5. The van der Waals surface area contributed by atoms with E-state index in [1.54, 1.807) is 0 Å². The van der Waals surface area contributed by atoms with E-state index in [4.69, 9.17) is 0 Å². The van der Waals surface area contributed by atoms with Gasteiger partial charge in [0.2, 0.25) is 0 Å². The molecule has 0 unspecified atom stereocenters. The fourth-order valence-corrected chi connectivity index (χ4v) is 3.58. The summed E-state index contributed by atoms with van der Waals surface area (Å²) in [6.07, 6.45) is 0. The van der Waals surface area contributed by atoms with Gasteiger partial charge in [0.25, 0.3) is 0 Å². The van der Waals surface area contributed by atoms with Gasteiger partial charge in [-0.15, -0.1) is 0 Å². The highest BCUT2D eigenvalue weighted by atomic mass is 28.1. The first-order chi connectivity index (χ1) is 9.93. The van der Waals surface area contributed by atoms with Crippen LogP contribution in [0, 0.1) is 0 Å². The molecule has 0 saturated carbocycles. The fourth-order valence-electron chi connectivity index (χ4n) is 3.58. The molecule has 5 aromatic carbocycles. The Bertz CT molecular complexity index is 923. The maximum absolute atomic E-state index is 2.25. The van der Waals surface area contributed by atoms with Crippen molar-refractivity contribution < 1.29 is 0 Å². The minimum atomic E-state index is 0. The summed E-state index contributed by atoms with van der Waals surface area (Å²) in [4.78, 5) is 0. The van der Waals surface area contributed by atoms with Gasteiger partial charge in [-0.3, -0.25) is 0 Å². The van der Waals surface area contributed by atoms with Crippen molar-refractivity contribution in [3.05, 3.63) is 72.8 Å². The zero-order valence-corrected chi connectivity index (χ0v) is 12.4. The summed E-state index contributed by atoms with van der Waals surface area (Å²) < 4.78 is 0. The molecule has 5 rings (SSSR count). The summed E-state index contributed by atoms with van der Waals surface area (Å²) >= 11 is 0. The van der Waals surface area contributed by atoms with Gasteiger partial charge in [0.05, 0.1) is 0 Å². The average molecular weight is 280 g/mol. The highest BCUT2D eigenvalue weighted by Gasteiger charge is 2.11. The van der Waals surface area contributed by atoms with Gasteiger partial charge < -0.3 is 0 Å². The van der Waals surface area contributed by atoms with Gasteiger partial charge in [0.15, 0.2) is 0 Å². The second-order valence-corrected chi connectivity index (χ2v) is 5.42. The molecule has 0 aliphatic carbocycles. The van der Waals surface area contributed by atoms with Crippen LogP contribution in [0.5, 0.6) is 0 Å². The van der Waals surface area contributed by atoms with Gasteiger partial charge in [0.1, 0.15) is 0 Å². The Labute approximate surface area is 127 Å². The van der Waals surface area contributed by atoms with Crippen LogP contribution >= 0.6 is 0 Å². The van der Waals surface area contributed by atoms with Crippen molar-refractivity contribution in [2.45, 2.75) is 0 Å². The Hall–Kier alpha value is -2.38. The molecule has 4 radical (unpaired) electrons. The van der Waals surface area contributed by atoms with Crippen LogP contribution in [0.2, 0.25) is 0 Å². The molecular weight excluding hydrogens is 268 g/mol. The van der Waals surface area contributed by atoms with Crippen molar-refractivity contribution in [3.8, 4) is 0 Å². The molecule has 0 aliphatic heterocycles. The summed E-state index contributed by atoms with van der Waals surface area (Å²) in [6, 6.07) is 26.4. The smallest absolute Gasteiger partial charge is 0 e. The SMILES string of the molecule is [Si].c1cc2cccc3c4cccc5cccc(c(c1)c23)c54. The molecule has 96 valence electrons. The maximum Gasteiger partial charge on any atom is 0 e. The number of hydrogen-bond donors (Lipinski definition) is 0. The van der Waals surface area contributed by atoms with Gasteiger partial charge in [-0.2, -0.15) is 0 Å². The second-order valence-electron chi connectivity index (χ2n) is 5.42. The Kier molecular flexibility index (Phi) is 2.53. The predicted octanol–water partition coefficient (Wildman–Crippen LogP) is 5.36. The summed E-state index contributed by atoms with van der Waals surface area (Å²) in [5, 5.41) is 10.9. The molecule has 0 bridgehead atoms. The quantitative estimate of drug-likeness (QED) is 0.203. The molecule has 0 aromatic heterocycles. The first-order valence-electron chi connectivity index (χ1n) is 6.98. The van der Waals surface area contributed by atoms with Gasteiger partial charge in [-0.1, -0.05) is 72.8 Å². The monoisotopic (exact) mass is 280 g/mol. The lowest BCUT2D eigenvalue weighted by Crippen LogP contribution is -1.85. The summed E-state index contributed by atoms with van der Waals surface area (Å²) in [5.74, 6) is 0. The Balaban J connectivity index is 0.00000115. The lowest BCUT2D eigenvalue weighted by Gasteiger charge is -2.13. The third-order valence-corrected chi connectivity index (χ3v) is 4.39. The zero-order chi connectivity index (χ0) is 13.1.